The van der Waals surface area contributed by atoms with E-state index in [1.807, 2.05) is 30.3 Å². The molecule has 3 aromatic rings. The third-order valence-corrected chi connectivity index (χ3v) is 2.87. The minimum Gasteiger partial charge on any atom is -0.508 e. The molecule has 3 N–H and O–H groups in total. The van der Waals surface area contributed by atoms with E-state index in [1.54, 1.807) is 12.1 Å². The van der Waals surface area contributed by atoms with Crippen LogP contribution in [0.5, 0.6) is 5.75 Å². The Morgan fingerprint density at radius 1 is 1.10 bits per heavy atom. The number of aromatic nitrogens is 3. The molecule has 0 atom stereocenters. The third kappa shape index (κ3) is 2.89. The fourth-order valence-corrected chi connectivity index (χ4v) is 1.86. The van der Waals surface area contributed by atoms with E-state index in [-0.39, 0.29) is 17.6 Å². The summed E-state index contributed by atoms with van der Waals surface area (Å²) < 4.78 is 0. The fourth-order valence-electron chi connectivity index (χ4n) is 1.86. The zero-order valence-corrected chi connectivity index (χ0v) is 10.9. The molecule has 0 aliphatic carbocycles. The monoisotopic (exact) mass is 280 g/mol. The molecule has 0 bridgehead atoms. The molecule has 0 fully saturated rings. The van der Waals surface area contributed by atoms with Crippen molar-refractivity contribution in [1.29, 1.82) is 0 Å². The summed E-state index contributed by atoms with van der Waals surface area (Å²) in [4.78, 5) is 16.2. The van der Waals surface area contributed by atoms with Crippen LogP contribution in [0.15, 0.2) is 54.6 Å². The molecule has 1 heterocycles. The number of amides is 1. The highest BCUT2D eigenvalue weighted by Gasteiger charge is 2.11. The van der Waals surface area contributed by atoms with Gasteiger partial charge in [-0.15, -0.1) is 5.10 Å². The van der Waals surface area contributed by atoms with Gasteiger partial charge < -0.3 is 5.11 Å². The largest absolute Gasteiger partial charge is 0.508 e. The number of rotatable bonds is 3. The Morgan fingerprint density at radius 3 is 2.67 bits per heavy atom. The van der Waals surface area contributed by atoms with Gasteiger partial charge in [0.25, 0.3) is 5.91 Å². The molecule has 0 unspecified atom stereocenters. The van der Waals surface area contributed by atoms with E-state index < -0.39 is 0 Å². The molecular weight excluding hydrogens is 268 g/mol. The van der Waals surface area contributed by atoms with Gasteiger partial charge in [-0.25, -0.2) is 0 Å². The number of anilines is 1. The Kier molecular flexibility index (Phi) is 3.34. The van der Waals surface area contributed by atoms with Crippen molar-refractivity contribution in [3.63, 3.8) is 0 Å². The third-order valence-electron chi connectivity index (χ3n) is 2.87. The molecule has 0 spiro atoms. The van der Waals surface area contributed by atoms with Gasteiger partial charge in [-0.05, 0) is 18.2 Å². The zero-order chi connectivity index (χ0) is 14.7. The molecule has 0 saturated carbocycles. The van der Waals surface area contributed by atoms with Crippen molar-refractivity contribution in [3.05, 3.63) is 60.2 Å². The number of hydrogen-bond donors (Lipinski definition) is 3. The summed E-state index contributed by atoms with van der Waals surface area (Å²) in [7, 11) is 0. The van der Waals surface area contributed by atoms with Gasteiger partial charge in [0, 0.05) is 11.1 Å². The normalized spacial score (nSPS) is 10.3. The summed E-state index contributed by atoms with van der Waals surface area (Å²) in [5.41, 5.74) is 1.21. The molecule has 6 nitrogen and oxygen atoms in total. The van der Waals surface area contributed by atoms with E-state index in [0.717, 1.165) is 5.56 Å². The van der Waals surface area contributed by atoms with Crippen LogP contribution in [0.2, 0.25) is 0 Å². The predicted molar refractivity (Wildman–Crippen MR) is 77.9 cm³/mol. The molecule has 2 aromatic carbocycles. The van der Waals surface area contributed by atoms with Crippen LogP contribution in [0.3, 0.4) is 0 Å². The van der Waals surface area contributed by atoms with Crippen LogP contribution >= 0.6 is 0 Å². The summed E-state index contributed by atoms with van der Waals surface area (Å²) in [5, 5.41) is 18.7. The Morgan fingerprint density at radius 2 is 1.90 bits per heavy atom. The van der Waals surface area contributed by atoms with Gasteiger partial charge in [-0.1, -0.05) is 36.4 Å². The molecule has 0 radical (unpaired) electrons. The van der Waals surface area contributed by atoms with Gasteiger partial charge in [0.05, 0.1) is 0 Å². The zero-order valence-electron chi connectivity index (χ0n) is 10.9. The standard InChI is InChI=1S/C15H12N4O2/c20-12-8-4-7-11(9-12)14(21)17-15-16-13(18-19-15)10-5-2-1-3-6-10/h1-9,20H,(H2,16,17,18,19,21). The van der Waals surface area contributed by atoms with Gasteiger partial charge in [-0.2, -0.15) is 4.98 Å². The minimum absolute atomic E-state index is 0.0302. The van der Waals surface area contributed by atoms with Crippen molar-refractivity contribution >= 4 is 11.9 Å². The smallest absolute Gasteiger partial charge is 0.258 e. The van der Waals surface area contributed by atoms with Gasteiger partial charge in [-0.3, -0.25) is 15.2 Å². The number of hydrogen-bond acceptors (Lipinski definition) is 4. The van der Waals surface area contributed by atoms with E-state index in [0.29, 0.717) is 11.4 Å². The molecular formula is C15H12N4O2. The molecule has 1 amide bonds. The second-order valence-electron chi connectivity index (χ2n) is 4.38. The van der Waals surface area contributed by atoms with Crippen LogP contribution in [-0.4, -0.2) is 26.2 Å². The molecule has 21 heavy (non-hydrogen) atoms. The molecule has 6 heteroatoms. The summed E-state index contributed by atoms with van der Waals surface area (Å²) in [5.74, 6) is 0.399. The summed E-state index contributed by atoms with van der Waals surface area (Å²) in [6.07, 6.45) is 0. The van der Waals surface area contributed by atoms with E-state index in [2.05, 4.69) is 20.5 Å². The van der Waals surface area contributed by atoms with Crippen molar-refractivity contribution in [3.8, 4) is 17.1 Å². The SMILES string of the molecule is O=C(Nc1n[nH]c(-c2ccccc2)n1)c1cccc(O)c1. The van der Waals surface area contributed by atoms with Gasteiger partial charge in [0.2, 0.25) is 5.95 Å². The Hall–Kier alpha value is -3.15. The first-order chi connectivity index (χ1) is 10.2. The number of nitrogens with one attached hydrogen (secondary N) is 2. The van der Waals surface area contributed by atoms with Crippen molar-refractivity contribution in [2.75, 3.05) is 5.32 Å². The number of nitrogens with zero attached hydrogens (tertiary/aromatic N) is 2. The van der Waals surface area contributed by atoms with Gasteiger partial charge in [0.15, 0.2) is 5.82 Å². The number of aromatic amines is 1. The predicted octanol–water partition coefficient (Wildman–Crippen LogP) is 2.43. The van der Waals surface area contributed by atoms with Crippen LogP contribution in [0.1, 0.15) is 10.4 Å². The first kappa shape index (κ1) is 12.9. The maximum absolute atomic E-state index is 12.0. The van der Waals surface area contributed by atoms with Gasteiger partial charge in [0.1, 0.15) is 5.75 Å². The molecule has 0 saturated heterocycles. The highest BCUT2D eigenvalue weighted by Crippen LogP contribution is 2.16. The van der Waals surface area contributed by atoms with E-state index >= 15 is 0 Å². The van der Waals surface area contributed by atoms with Crippen molar-refractivity contribution < 1.29 is 9.90 Å². The minimum atomic E-state index is -0.385. The van der Waals surface area contributed by atoms with Crippen molar-refractivity contribution in [2.24, 2.45) is 0 Å². The maximum Gasteiger partial charge on any atom is 0.258 e. The quantitative estimate of drug-likeness (QED) is 0.687. The number of aromatic hydroxyl groups is 1. The second-order valence-corrected chi connectivity index (χ2v) is 4.38. The van der Waals surface area contributed by atoms with Gasteiger partial charge >= 0.3 is 0 Å². The van der Waals surface area contributed by atoms with E-state index in [9.17, 15) is 9.90 Å². The maximum atomic E-state index is 12.0. The Labute approximate surface area is 120 Å². The number of carbonyl (C=O) groups excluding carboxylic acids is 1. The topological polar surface area (TPSA) is 90.9 Å². The lowest BCUT2D eigenvalue weighted by Crippen LogP contribution is -2.12. The lowest BCUT2D eigenvalue weighted by molar-refractivity contribution is 0.102. The number of benzene rings is 2. The molecule has 3 rings (SSSR count). The first-order valence-corrected chi connectivity index (χ1v) is 6.30. The summed E-state index contributed by atoms with van der Waals surface area (Å²) in [6, 6.07) is 15.5. The van der Waals surface area contributed by atoms with Crippen LogP contribution in [0.4, 0.5) is 5.95 Å². The van der Waals surface area contributed by atoms with Crippen LogP contribution in [-0.2, 0) is 0 Å². The number of phenols is 1. The number of phenolic OH excluding ortho intramolecular Hbond substituents is 1. The van der Waals surface area contributed by atoms with Crippen molar-refractivity contribution in [1.82, 2.24) is 15.2 Å². The first-order valence-electron chi connectivity index (χ1n) is 6.30. The van der Waals surface area contributed by atoms with E-state index in [4.69, 9.17) is 0 Å². The molecule has 1 aromatic heterocycles. The molecule has 104 valence electrons. The van der Waals surface area contributed by atoms with Crippen molar-refractivity contribution in [2.45, 2.75) is 0 Å². The second kappa shape index (κ2) is 5.46. The highest BCUT2D eigenvalue weighted by molar-refractivity contribution is 6.03. The summed E-state index contributed by atoms with van der Waals surface area (Å²) in [6.45, 7) is 0. The number of carbonyl (C=O) groups is 1. The average molecular weight is 280 g/mol. The molecule has 0 aliphatic heterocycles. The fraction of sp³-hybridized carbons (Fsp3) is 0. The summed E-state index contributed by atoms with van der Waals surface area (Å²) >= 11 is 0. The Bertz CT molecular complexity index is 768. The van der Waals surface area contributed by atoms with Crippen LogP contribution in [0.25, 0.3) is 11.4 Å². The lowest BCUT2D eigenvalue weighted by atomic mass is 10.2. The van der Waals surface area contributed by atoms with Crippen LogP contribution < -0.4 is 5.32 Å². The van der Waals surface area contributed by atoms with Crippen LogP contribution in [0, 0.1) is 0 Å². The highest BCUT2D eigenvalue weighted by atomic mass is 16.3. The number of H-pyrrole nitrogens is 1. The lowest BCUT2D eigenvalue weighted by Gasteiger charge is -2.01. The Balaban J connectivity index is 1.77. The average Bonchev–Trinajstić information content (AvgIpc) is 2.97. The van der Waals surface area contributed by atoms with E-state index in [1.165, 1.54) is 12.1 Å². The molecule has 0 aliphatic rings.